The van der Waals surface area contributed by atoms with Gasteiger partial charge >= 0.3 is 0 Å². The van der Waals surface area contributed by atoms with E-state index in [0.717, 1.165) is 6.42 Å². The average Bonchev–Trinajstić information content (AvgIpc) is 2.28. The third-order valence-corrected chi connectivity index (χ3v) is 3.34. The summed E-state index contributed by atoms with van der Waals surface area (Å²) in [5.74, 6) is 0.266. The molecule has 1 atom stereocenters. The molecule has 1 aromatic heterocycles. The number of pyridine rings is 1. The number of nitrogens with one attached hydrogen (secondary N) is 1. The van der Waals surface area contributed by atoms with E-state index in [0.29, 0.717) is 22.6 Å². The van der Waals surface area contributed by atoms with Crippen LogP contribution in [-0.4, -0.2) is 23.0 Å². The molecule has 1 amide bonds. The molecule has 1 unspecified atom stereocenters. The second kappa shape index (κ2) is 7.82. The first kappa shape index (κ1) is 18.4. The molecule has 0 bridgehead atoms. The zero-order valence-electron chi connectivity index (χ0n) is 11.4. The molecule has 0 fully saturated rings. The SMILES string of the molecule is CC(C)CC(C)(CN)NC(=O)c1ncccc1Br.Cl. The molecular weight excluding hydrogens is 330 g/mol. The van der Waals surface area contributed by atoms with Crippen molar-refractivity contribution >= 4 is 34.2 Å². The molecule has 1 heterocycles. The molecular formula is C13H21BrClN3O. The van der Waals surface area contributed by atoms with Crippen LogP contribution in [0.15, 0.2) is 22.8 Å². The van der Waals surface area contributed by atoms with Crippen LogP contribution in [-0.2, 0) is 0 Å². The predicted octanol–water partition coefficient (Wildman–Crippen LogP) is 2.76. The van der Waals surface area contributed by atoms with Crippen molar-refractivity contribution in [3.63, 3.8) is 0 Å². The van der Waals surface area contributed by atoms with Crippen LogP contribution >= 0.6 is 28.3 Å². The van der Waals surface area contributed by atoms with Crippen LogP contribution in [0.25, 0.3) is 0 Å². The first-order valence-corrected chi connectivity index (χ1v) is 6.80. The highest BCUT2D eigenvalue weighted by atomic mass is 79.9. The van der Waals surface area contributed by atoms with Crippen molar-refractivity contribution < 1.29 is 4.79 Å². The molecule has 0 saturated heterocycles. The molecule has 4 nitrogen and oxygen atoms in total. The summed E-state index contributed by atoms with van der Waals surface area (Å²) in [5.41, 5.74) is 5.76. The number of carbonyl (C=O) groups is 1. The van der Waals surface area contributed by atoms with Crippen LogP contribution in [0.3, 0.4) is 0 Å². The quantitative estimate of drug-likeness (QED) is 0.858. The van der Waals surface area contributed by atoms with Gasteiger partial charge in [-0.2, -0.15) is 0 Å². The van der Waals surface area contributed by atoms with Crippen molar-refractivity contribution in [1.82, 2.24) is 10.3 Å². The molecule has 0 aliphatic rings. The molecule has 1 aromatic rings. The molecule has 0 aromatic carbocycles. The van der Waals surface area contributed by atoms with Gasteiger partial charge in [0.2, 0.25) is 0 Å². The number of hydrogen-bond donors (Lipinski definition) is 2. The van der Waals surface area contributed by atoms with E-state index >= 15 is 0 Å². The molecule has 1 rings (SSSR count). The largest absolute Gasteiger partial charge is 0.344 e. The smallest absolute Gasteiger partial charge is 0.271 e. The minimum Gasteiger partial charge on any atom is -0.344 e. The summed E-state index contributed by atoms with van der Waals surface area (Å²) in [5, 5.41) is 2.98. The van der Waals surface area contributed by atoms with E-state index in [9.17, 15) is 4.79 Å². The van der Waals surface area contributed by atoms with Gasteiger partial charge in [-0.1, -0.05) is 13.8 Å². The first-order chi connectivity index (χ1) is 8.38. The van der Waals surface area contributed by atoms with Crippen molar-refractivity contribution in [1.29, 1.82) is 0 Å². The Hall–Kier alpha value is -0.650. The lowest BCUT2D eigenvalue weighted by Crippen LogP contribution is -2.52. The Bertz CT molecular complexity index is 428. The Kier molecular flexibility index (Phi) is 7.55. The summed E-state index contributed by atoms with van der Waals surface area (Å²) >= 11 is 3.32. The van der Waals surface area contributed by atoms with Crippen molar-refractivity contribution in [3.8, 4) is 0 Å². The number of amides is 1. The number of carbonyl (C=O) groups excluding carboxylic acids is 1. The normalized spacial score (nSPS) is 13.6. The molecule has 0 spiro atoms. The number of hydrogen-bond acceptors (Lipinski definition) is 3. The molecule has 19 heavy (non-hydrogen) atoms. The van der Waals surface area contributed by atoms with Gasteiger partial charge in [0.25, 0.3) is 5.91 Å². The van der Waals surface area contributed by atoms with E-state index in [1.165, 1.54) is 0 Å². The lowest BCUT2D eigenvalue weighted by atomic mass is 9.90. The van der Waals surface area contributed by atoms with Crippen molar-refractivity contribution in [3.05, 3.63) is 28.5 Å². The van der Waals surface area contributed by atoms with Gasteiger partial charge in [-0.15, -0.1) is 12.4 Å². The van der Waals surface area contributed by atoms with Crippen LogP contribution in [0.1, 0.15) is 37.7 Å². The van der Waals surface area contributed by atoms with Crippen molar-refractivity contribution in [2.45, 2.75) is 32.7 Å². The maximum atomic E-state index is 12.2. The standard InChI is InChI=1S/C13H20BrN3O.ClH/c1-9(2)7-13(3,8-15)17-12(18)11-10(14)5-4-6-16-11;/h4-6,9H,7-8,15H2,1-3H3,(H,17,18);1H. The third kappa shape index (κ3) is 5.47. The van der Waals surface area contributed by atoms with Crippen LogP contribution in [0.4, 0.5) is 0 Å². The Morgan fingerprint density at radius 2 is 2.21 bits per heavy atom. The van der Waals surface area contributed by atoms with E-state index in [4.69, 9.17) is 5.73 Å². The topological polar surface area (TPSA) is 68.0 Å². The summed E-state index contributed by atoms with van der Waals surface area (Å²) < 4.78 is 0.686. The highest BCUT2D eigenvalue weighted by molar-refractivity contribution is 9.10. The highest BCUT2D eigenvalue weighted by Crippen LogP contribution is 2.18. The van der Waals surface area contributed by atoms with Gasteiger partial charge in [0.05, 0.1) is 5.54 Å². The monoisotopic (exact) mass is 349 g/mol. The van der Waals surface area contributed by atoms with E-state index in [2.05, 4.69) is 40.1 Å². The van der Waals surface area contributed by atoms with Gasteiger partial charge < -0.3 is 11.1 Å². The number of nitrogens with two attached hydrogens (primary N) is 1. The Balaban J connectivity index is 0.00000324. The van der Waals surface area contributed by atoms with Gasteiger partial charge in [-0.25, -0.2) is 4.98 Å². The van der Waals surface area contributed by atoms with Gasteiger partial charge in [-0.3, -0.25) is 4.79 Å². The Labute approximate surface area is 129 Å². The van der Waals surface area contributed by atoms with Crippen molar-refractivity contribution in [2.75, 3.05) is 6.54 Å². The second-order valence-electron chi connectivity index (χ2n) is 5.15. The number of aromatic nitrogens is 1. The van der Waals surface area contributed by atoms with E-state index < -0.39 is 5.54 Å². The second-order valence-corrected chi connectivity index (χ2v) is 6.01. The maximum absolute atomic E-state index is 12.2. The number of rotatable bonds is 5. The molecule has 3 N–H and O–H groups in total. The lowest BCUT2D eigenvalue weighted by Gasteiger charge is -2.31. The van der Waals surface area contributed by atoms with E-state index in [1.54, 1.807) is 18.3 Å². The van der Waals surface area contributed by atoms with Gasteiger partial charge in [0.15, 0.2) is 0 Å². The van der Waals surface area contributed by atoms with E-state index in [1.807, 2.05) is 6.92 Å². The molecule has 0 aliphatic carbocycles. The van der Waals surface area contributed by atoms with Crippen LogP contribution in [0.2, 0.25) is 0 Å². The zero-order valence-corrected chi connectivity index (χ0v) is 13.8. The van der Waals surface area contributed by atoms with Gasteiger partial charge in [0.1, 0.15) is 5.69 Å². The number of halogens is 2. The summed E-state index contributed by atoms with van der Waals surface area (Å²) in [7, 11) is 0. The maximum Gasteiger partial charge on any atom is 0.271 e. The first-order valence-electron chi connectivity index (χ1n) is 6.01. The van der Waals surface area contributed by atoms with Crippen LogP contribution in [0, 0.1) is 5.92 Å². The molecule has 0 radical (unpaired) electrons. The fraction of sp³-hybridized carbons (Fsp3) is 0.538. The minimum absolute atomic E-state index is 0. The zero-order chi connectivity index (χ0) is 13.8. The third-order valence-electron chi connectivity index (χ3n) is 2.70. The Morgan fingerprint density at radius 1 is 1.58 bits per heavy atom. The van der Waals surface area contributed by atoms with Crippen LogP contribution in [0.5, 0.6) is 0 Å². The lowest BCUT2D eigenvalue weighted by molar-refractivity contribution is 0.0892. The van der Waals surface area contributed by atoms with Gasteiger partial charge in [-0.05, 0) is 47.3 Å². The van der Waals surface area contributed by atoms with Crippen LogP contribution < -0.4 is 11.1 Å². The molecule has 108 valence electrons. The molecule has 0 aliphatic heterocycles. The summed E-state index contributed by atoms with van der Waals surface area (Å²) in [6.07, 6.45) is 2.43. The minimum atomic E-state index is -0.401. The van der Waals surface area contributed by atoms with E-state index in [-0.39, 0.29) is 18.3 Å². The highest BCUT2D eigenvalue weighted by Gasteiger charge is 2.27. The fourth-order valence-electron chi connectivity index (χ4n) is 1.97. The fourth-order valence-corrected chi connectivity index (χ4v) is 2.41. The average molecular weight is 351 g/mol. The summed E-state index contributed by atoms with van der Waals surface area (Å²) in [6.45, 7) is 6.58. The van der Waals surface area contributed by atoms with Crippen molar-refractivity contribution in [2.24, 2.45) is 11.7 Å². The summed E-state index contributed by atoms with van der Waals surface area (Å²) in [6, 6.07) is 3.57. The summed E-state index contributed by atoms with van der Waals surface area (Å²) in [4.78, 5) is 16.2. The van der Waals surface area contributed by atoms with Gasteiger partial charge in [0, 0.05) is 17.2 Å². The predicted molar refractivity (Wildman–Crippen MR) is 83.6 cm³/mol. The molecule has 0 saturated carbocycles. The number of nitrogens with zero attached hydrogens (tertiary/aromatic N) is 1. The Morgan fingerprint density at radius 3 is 2.68 bits per heavy atom. The molecule has 6 heteroatoms.